The molecule has 6 heteroatoms. The Hall–Kier alpha value is -2.89. The first kappa shape index (κ1) is 21.8. The minimum Gasteiger partial charge on any atom is -0.443 e. The second kappa shape index (κ2) is 8.09. The van der Waals surface area contributed by atoms with Gasteiger partial charge in [0.2, 0.25) is 0 Å². The van der Waals surface area contributed by atoms with Crippen LogP contribution in [0.4, 0.5) is 0 Å². The quantitative estimate of drug-likeness (QED) is 0.587. The zero-order valence-electron chi connectivity index (χ0n) is 17.5. The van der Waals surface area contributed by atoms with E-state index in [-0.39, 0.29) is 12.0 Å². The molecule has 3 rings (SSSR count). The minimum absolute atomic E-state index is 0.236. The van der Waals surface area contributed by atoms with Crippen LogP contribution in [0.25, 0.3) is 5.57 Å². The molecule has 5 nitrogen and oxygen atoms in total. The molecule has 1 heterocycles. The lowest BCUT2D eigenvalue weighted by Crippen LogP contribution is -2.44. The summed E-state index contributed by atoms with van der Waals surface area (Å²) in [5.41, 5.74) is 0.299. The number of aryl methyl sites for hydroxylation is 1. The Balaban J connectivity index is 2.07. The number of ether oxygens (including phenoxy) is 2. The number of carbonyl (C=O) groups excluding carboxylic acids is 2. The molecule has 2 atom stereocenters. The highest BCUT2D eigenvalue weighted by Gasteiger charge is 2.53. The van der Waals surface area contributed by atoms with Crippen LogP contribution in [0.1, 0.15) is 51.2 Å². The number of benzene rings is 1. The Morgan fingerprint density at radius 2 is 2.10 bits per heavy atom. The highest BCUT2D eigenvalue weighted by atomic mass is 35.5. The fourth-order valence-corrected chi connectivity index (χ4v) is 4.02. The number of esters is 1. The van der Waals surface area contributed by atoms with Crippen molar-refractivity contribution in [2.75, 3.05) is 0 Å². The molecule has 2 aliphatic rings. The van der Waals surface area contributed by atoms with Crippen LogP contribution in [0.3, 0.4) is 0 Å². The van der Waals surface area contributed by atoms with E-state index in [1.165, 1.54) is 0 Å². The molecule has 0 radical (unpaired) electrons. The molecule has 1 aliphatic heterocycles. The van der Waals surface area contributed by atoms with Gasteiger partial charge in [-0.1, -0.05) is 17.7 Å². The molecule has 1 aromatic carbocycles. The molecular weight excluding hydrogens is 402 g/mol. The van der Waals surface area contributed by atoms with Crippen molar-refractivity contribution in [3.63, 3.8) is 0 Å². The molecule has 2 unspecified atom stereocenters. The molecule has 0 bridgehead atoms. The van der Waals surface area contributed by atoms with Gasteiger partial charge in [-0.15, -0.1) is 6.42 Å². The molecule has 30 heavy (non-hydrogen) atoms. The van der Waals surface area contributed by atoms with Crippen LogP contribution in [-0.4, -0.2) is 23.5 Å². The van der Waals surface area contributed by atoms with E-state index in [9.17, 15) is 9.59 Å². The number of carbonyl (C=O) groups is 2. The second-order valence-electron chi connectivity index (χ2n) is 8.69. The van der Waals surface area contributed by atoms with Crippen molar-refractivity contribution >= 4 is 29.1 Å². The lowest BCUT2D eigenvalue weighted by atomic mass is 9.91. The molecule has 1 saturated carbocycles. The highest BCUT2D eigenvalue weighted by Crippen LogP contribution is 2.46. The predicted octanol–water partition coefficient (Wildman–Crippen LogP) is 3.98. The maximum absolute atomic E-state index is 13.1. The van der Waals surface area contributed by atoms with Crippen LogP contribution in [0.5, 0.6) is 0 Å². The van der Waals surface area contributed by atoms with Crippen LogP contribution in [0.2, 0.25) is 5.02 Å². The number of hydrogen-bond donors (Lipinski definition) is 1. The third kappa shape index (κ3) is 4.18. The van der Waals surface area contributed by atoms with E-state index in [1.54, 1.807) is 39.0 Å². The van der Waals surface area contributed by atoms with Crippen molar-refractivity contribution in [1.29, 1.82) is 0 Å². The van der Waals surface area contributed by atoms with Crippen molar-refractivity contribution in [3.05, 3.63) is 40.1 Å². The van der Waals surface area contributed by atoms with Gasteiger partial charge in [0, 0.05) is 17.4 Å². The van der Waals surface area contributed by atoms with Gasteiger partial charge in [-0.25, -0.2) is 0 Å². The minimum atomic E-state index is -0.831. The van der Waals surface area contributed by atoms with Crippen LogP contribution in [-0.2, 0) is 19.1 Å². The van der Waals surface area contributed by atoms with Crippen LogP contribution in [0.15, 0.2) is 24.0 Å². The third-order valence-electron chi connectivity index (χ3n) is 5.32. The summed E-state index contributed by atoms with van der Waals surface area (Å²) in [5, 5.41) is 3.62. The fourth-order valence-electron chi connectivity index (χ4n) is 3.79. The van der Waals surface area contributed by atoms with E-state index >= 15 is 0 Å². The number of halogens is 1. The molecule has 1 spiro atoms. The van der Waals surface area contributed by atoms with Gasteiger partial charge < -0.3 is 14.8 Å². The number of amides is 1. The van der Waals surface area contributed by atoms with E-state index in [4.69, 9.17) is 27.5 Å². The number of nitrogens with one attached hydrogen (secondary N) is 1. The van der Waals surface area contributed by atoms with Crippen molar-refractivity contribution < 1.29 is 19.1 Å². The van der Waals surface area contributed by atoms with Gasteiger partial charge in [0.25, 0.3) is 5.91 Å². The summed E-state index contributed by atoms with van der Waals surface area (Å²) in [6.45, 7) is 7.19. The van der Waals surface area contributed by atoms with Gasteiger partial charge in [0.15, 0.2) is 0 Å². The number of rotatable bonds is 3. The predicted molar refractivity (Wildman–Crippen MR) is 115 cm³/mol. The van der Waals surface area contributed by atoms with E-state index in [0.717, 1.165) is 5.56 Å². The highest BCUT2D eigenvalue weighted by molar-refractivity contribution is 6.31. The van der Waals surface area contributed by atoms with Gasteiger partial charge in [-0.05, 0) is 69.7 Å². The van der Waals surface area contributed by atoms with Crippen LogP contribution < -0.4 is 5.32 Å². The number of hydrogen-bond acceptors (Lipinski definition) is 4. The Bertz CT molecular complexity index is 1030. The standard InChI is InChI=1S/C24H24ClNO4/c1-6-7-12-29-17-10-11-24(14-17)20(30-22(28)23(3,4)5)19(21(27)26-24)18-9-8-16(25)13-15(18)2/h1,8-9,13,17H,10-11,14H2,2-5H3,(H,26,27). The molecule has 1 aromatic rings. The van der Waals surface area contributed by atoms with E-state index in [1.807, 2.05) is 6.92 Å². The topological polar surface area (TPSA) is 64.6 Å². The summed E-state index contributed by atoms with van der Waals surface area (Å²) >= 11 is 6.10. The zero-order valence-corrected chi connectivity index (χ0v) is 18.3. The molecule has 0 saturated heterocycles. The first-order valence-electron chi connectivity index (χ1n) is 9.75. The molecule has 0 aromatic heterocycles. The molecule has 1 fully saturated rings. The van der Waals surface area contributed by atoms with E-state index in [2.05, 4.69) is 23.3 Å². The van der Waals surface area contributed by atoms with Crippen LogP contribution >= 0.6 is 11.6 Å². The van der Waals surface area contributed by atoms with Crippen molar-refractivity contribution in [3.8, 4) is 24.4 Å². The average Bonchev–Trinajstić information content (AvgIpc) is 3.16. The average molecular weight is 426 g/mol. The monoisotopic (exact) mass is 425 g/mol. The Labute approximate surface area is 182 Å². The Morgan fingerprint density at radius 1 is 1.37 bits per heavy atom. The molecular formula is C24H24ClNO4. The fraction of sp³-hybridized carbons (Fsp3) is 0.417. The van der Waals surface area contributed by atoms with E-state index in [0.29, 0.717) is 41.2 Å². The first-order chi connectivity index (χ1) is 14.1. The van der Waals surface area contributed by atoms with Gasteiger partial charge in [-0.2, -0.15) is 0 Å². The largest absolute Gasteiger partial charge is 0.443 e. The summed E-state index contributed by atoms with van der Waals surface area (Å²) in [7, 11) is 0. The SMILES string of the molecule is C#CC#COC1CCC2(C1)NC(=O)C(c1ccc(Cl)cc1C)=C2OC(=O)C(C)(C)C. The Kier molecular flexibility index (Phi) is 5.88. The van der Waals surface area contributed by atoms with Crippen molar-refractivity contribution in [1.82, 2.24) is 5.32 Å². The first-order valence-corrected chi connectivity index (χ1v) is 10.1. The second-order valence-corrected chi connectivity index (χ2v) is 9.13. The molecule has 1 aliphatic carbocycles. The van der Waals surface area contributed by atoms with Gasteiger partial charge in [0.05, 0.1) is 11.0 Å². The maximum Gasteiger partial charge on any atom is 0.316 e. The smallest absolute Gasteiger partial charge is 0.316 e. The summed E-state index contributed by atoms with van der Waals surface area (Å²) < 4.78 is 11.4. The lowest BCUT2D eigenvalue weighted by molar-refractivity contribution is -0.149. The van der Waals surface area contributed by atoms with Gasteiger partial charge >= 0.3 is 5.97 Å². The van der Waals surface area contributed by atoms with E-state index < -0.39 is 16.9 Å². The zero-order chi connectivity index (χ0) is 22.1. The van der Waals surface area contributed by atoms with Gasteiger partial charge in [-0.3, -0.25) is 9.59 Å². The van der Waals surface area contributed by atoms with Crippen LogP contribution in [0, 0.1) is 36.7 Å². The van der Waals surface area contributed by atoms with Gasteiger partial charge in [0.1, 0.15) is 23.5 Å². The lowest BCUT2D eigenvalue weighted by Gasteiger charge is -2.28. The summed E-state index contributed by atoms with van der Waals surface area (Å²) in [6, 6.07) is 5.27. The normalized spacial score (nSPS) is 22.9. The number of terminal acetylenes is 1. The maximum atomic E-state index is 13.1. The molecule has 1 N–H and O–H groups in total. The molecule has 1 amide bonds. The van der Waals surface area contributed by atoms with Crippen molar-refractivity contribution in [2.45, 2.75) is 58.6 Å². The van der Waals surface area contributed by atoms with Crippen molar-refractivity contribution in [2.24, 2.45) is 5.41 Å². The summed E-state index contributed by atoms with van der Waals surface area (Å²) in [4.78, 5) is 25.9. The third-order valence-corrected chi connectivity index (χ3v) is 5.56. The summed E-state index contributed by atoms with van der Waals surface area (Å²) in [5.74, 6) is 4.29. The summed E-state index contributed by atoms with van der Waals surface area (Å²) in [6.07, 6.45) is 9.03. The molecule has 156 valence electrons. The Morgan fingerprint density at radius 3 is 2.73 bits per heavy atom.